The number of nitrogens with two attached hydrogens (primary N) is 1. The van der Waals surface area contributed by atoms with Crippen LogP contribution in [0.3, 0.4) is 0 Å². The second kappa shape index (κ2) is 9.37. The van der Waals surface area contributed by atoms with E-state index < -0.39 is 0 Å². The zero-order valence-electron chi connectivity index (χ0n) is 17.6. The summed E-state index contributed by atoms with van der Waals surface area (Å²) in [6, 6.07) is 11.7. The highest BCUT2D eigenvalue weighted by Crippen LogP contribution is 2.49. The van der Waals surface area contributed by atoms with E-state index in [9.17, 15) is 4.79 Å². The van der Waals surface area contributed by atoms with Gasteiger partial charge in [-0.3, -0.25) is 0 Å². The van der Waals surface area contributed by atoms with Crippen molar-refractivity contribution in [1.82, 2.24) is 9.88 Å². The van der Waals surface area contributed by atoms with E-state index >= 15 is 0 Å². The Morgan fingerprint density at radius 3 is 2.73 bits per heavy atom. The molecule has 2 fully saturated rings. The van der Waals surface area contributed by atoms with Crippen LogP contribution < -0.4 is 10.5 Å². The molecule has 2 aliphatic rings. The van der Waals surface area contributed by atoms with Gasteiger partial charge in [-0.1, -0.05) is 30.3 Å². The maximum Gasteiger partial charge on any atom is 0.410 e. The fraction of sp³-hybridized carbons (Fsp3) is 0.500. The largest absolute Gasteiger partial charge is 0.477 e. The zero-order valence-corrected chi connectivity index (χ0v) is 17.6. The first-order chi connectivity index (χ1) is 14.6. The summed E-state index contributed by atoms with van der Waals surface area (Å²) < 4.78 is 11.3. The molecule has 1 unspecified atom stereocenters. The number of carbonyl (C=O) groups excluding carboxylic acids is 1. The van der Waals surface area contributed by atoms with Crippen molar-refractivity contribution >= 4 is 11.8 Å². The number of piperidine rings is 1. The molecule has 2 aromatic rings. The predicted molar refractivity (Wildman–Crippen MR) is 116 cm³/mol. The van der Waals surface area contributed by atoms with E-state index in [1.165, 1.54) is 6.42 Å². The molecule has 1 saturated carbocycles. The molecule has 4 rings (SSSR count). The van der Waals surface area contributed by atoms with Gasteiger partial charge >= 0.3 is 6.09 Å². The van der Waals surface area contributed by atoms with E-state index in [-0.39, 0.29) is 6.09 Å². The molecule has 6 heteroatoms. The number of rotatable bonds is 7. The predicted octanol–water partition coefficient (Wildman–Crippen LogP) is 4.43. The Labute approximate surface area is 178 Å². The molecule has 6 nitrogen and oxygen atoms in total. The molecular formula is C24H31N3O3. The van der Waals surface area contributed by atoms with Crippen LogP contribution in [0.4, 0.5) is 10.5 Å². The molecule has 1 saturated heterocycles. The van der Waals surface area contributed by atoms with Crippen LogP contribution in [0.25, 0.3) is 0 Å². The standard InChI is InChI=1S/C24H31N3O3/c1-17-13-21(25)15-26-23(17)29-12-9-20-14-22(20)19-7-10-27(11-8-19)24(28)30-16-18-5-3-2-4-6-18/h2-6,13,15,19-20,22H,7-12,14,16,25H2,1H3/t20-,22?/m1/s1. The van der Waals surface area contributed by atoms with Crippen molar-refractivity contribution in [3.8, 4) is 5.88 Å². The third kappa shape index (κ3) is 5.23. The molecule has 0 spiro atoms. The van der Waals surface area contributed by atoms with Crippen molar-refractivity contribution in [2.24, 2.45) is 17.8 Å². The van der Waals surface area contributed by atoms with E-state index in [0.717, 1.165) is 55.3 Å². The van der Waals surface area contributed by atoms with Crippen molar-refractivity contribution in [3.05, 3.63) is 53.7 Å². The number of benzene rings is 1. The molecule has 1 amide bonds. The third-order valence-corrected chi connectivity index (χ3v) is 6.36. The van der Waals surface area contributed by atoms with E-state index in [0.29, 0.717) is 30.7 Å². The van der Waals surface area contributed by atoms with Gasteiger partial charge in [-0.25, -0.2) is 9.78 Å². The van der Waals surface area contributed by atoms with E-state index in [2.05, 4.69) is 4.98 Å². The quantitative estimate of drug-likeness (QED) is 0.732. The highest BCUT2D eigenvalue weighted by Gasteiger charge is 2.43. The second-order valence-electron chi connectivity index (χ2n) is 8.55. The van der Waals surface area contributed by atoms with Crippen LogP contribution in [0, 0.1) is 24.7 Å². The Morgan fingerprint density at radius 1 is 1.23 bits per heavy atom. The molecule has 2 N–H and O–H groups in total. The highest BCUT2D eigenvalue weighted by atomic mass is 16.6. The number of ether oxygens (including phenoxy) is 2. The number of nitrogen functional groups attached to an aromatic ring is 1. The Bertz CT molecular complexity index is 850. The summed E-state index contributed by atoms with van der Waals surface area (Å²) in [7, 11) is 0. The van der Waals surface area contributed by atoms with Gasteiger partial charge in [0.2, 0.25) is 5.88 Å². The van der Waals surface area contributed by atoms with Gasteiger partial charge in [-0.15, -0.1) is 0 Å². The van der Waals surface area contributed by atoms with Gasteiger partial charge in [0.1, 0.15) is 6.61 Å². The summed E-state index contributed by atoms with van der Waals surface area (Å²) in [6.07, 6.45) is 5.93. The van der Waals surface area contributed by atoms with E-state index in [1.807, 2.05) is 48.2 Å². The minimum Gasteiger partial charge on any atom is -0.477 e. The summed E-state index contributed by atoms with van der Waals surface area (Å²) in [5.41, 5.74) is 8.40. The first-order valence-corrected chi connectivity index (χ1v) is 10.9. The Balaban J connectivity index is 1.13. The average molecular weight is 410 g/mol. The van der Waals surface area contributed by atoms with Crippen LogP contribution in [0.2, 0.25) is 0 Å². The normalized spacial score (nSPS) is 21.3. The molecule has 1 aromatic carbocycles. The first kappa shape index (κ1) is 20.5. The van der Waals surface area contributed by atoms with Crippen LogP contribution in [0.5, 0.6) is 5.88 Å². The van der Waals surface area contributed by atoms with Crippen LogP contribution in [0.1, 0.15) is 36.8 Å². The molecule has 160 valence electrons. The van der Waals surface area contributed by atoms with Crippen LogP contribution in [0.15, 0.2) is 42.6 Å². The van der Waals surface area contributed by atoms with Gasteiger partial charge in [0, 0.05) is 18.7 Å². The number of pyridine rings is 1. The second-order valence-corrected chi connectivity index (χ2v) is 8.55. The third-order valence-electron chi connectivity index (χ3n) is 6.36. The molecule has 2 heterocycles. The average Bonchev–Trinajstić information content (AvgIpc) is 3.54. The van der Waals surface area contributed by atoms with Crippen LogP contribution in [-0.2, 0) is 11.3 Å². The summed E-state index contributed by atoms with van der Waals surface area (Å²) in [4.78, 5) is 18.4. The van der Waals surface area contributed by atoms with Crippen LogP contribution in [-0.4, -0.2) is 35.7 Å². The fourth-order valence-corrected chi connectivity index (χ4v) is 4.54. The lowest BCUT2D eigenvalue weighted by Crippen LogP contribution is -2.39. The number of likely N-dealkylation sites (tertiary alicyclic amines) is 1. The Kier molecular flexibility index (Phi) is 6.41. The summed E-state index contributed by atoms with van der Waals surface area (Å²) in [5.74, 6) is 2.91. The van der Waals surface area contributed by atoms with Gasteiger partial charge in [-0.2, -0.15) is 0 Å². The van der Waals surface area contributed by atoms with Crippen molar-refractivity contribution in [1.29, 1.82) is 0 Å². The summed E-state index contributed by atoms with van der Waals surface area (Å²) in [6.45, 7) is 4.60. The molecule has 30 heavy (non-hydrogen) atoms. The van der Waals surface area contributed by atoms with Gasteiger partial charge < -0.3 is 20.1 Å². The maximum atomic E-state index is 12.3. The van der Waals surface area contributed by atoms with Crippen molar-refractivity contribution < 1.29 is 14.3 Å². The van der Waals surface area contributed by atoms with Gasteiger partial charge in [0.25, 0.3) is 0 Å². The number of carbonyl (C=O) groups is 1. The van der Waals surface area contributed by atoms with Gasteiger partial charge in [0.15, 0.2) is 0 Å². The monoisotopic (exact) mass is 409 g/mol. The fourth-order valence-electron chi connectivity index (χ4n) is 4.54. The number of anilines is 1. The topological polar surface area (TPSA) is 77.7 Å². The maximum absolute atomic E-state index is 12.3. The minimum atomic E-state index is -0.190. The molecule has 2 atom stereocenters. The van der Waals surface area contributed by atoms with Crippen LogP contribution >= 0.6 is 0 Å². The smallest absolute Gasteiger partial charge is 0.410 e. The number of nitrogens with zero attached hydrogens (tertiary/aromatic N) is 2. The zero-order chi connectivity index (χ0) is 20.9. The van der Waals surface area contributed by atoms with Gasteiger partial charge in [0.05, 0.1) is 18.5 Å². The summed E-state index contributed by atoms with van der Waals surface area (Å²) >= 11 is 0. The van der Waals surface area contributed by atoms with E-state index in [4.69, 9.17) is 15.2 Å². The van der Waals surface area contributed by atoms with E-state index in [1.54, 1.807) is 6.20 Å². The van der Waals surface area contributed by atoms with Crippen molar-refractivity contribution in [2.75, 3.05) is 25.4 Å². The Morgan fingerprint density at radius 2 is 2.00 bits per heavy atom. The molecule has 1 aliphatic heterocycles. The van der Waals surface area contributed by atoms with Crippen molar-refractivity contribution in [3.63, 3.8) is 0 Å². The number of aryl methyl sites for hydroxylation is 1. The SMILES string of the molecule is Cc1cc(N)cnc1OCC[C@@H]1CC1C1CCN(C(=O)OCc2ccccc2)CC1. The van der Waals surface area contributed by atoms with Gasteiger partial charge in [-0.05, 0) is 62.0 Å². The number of aromatic nitrogens is 1. The lowest BCUT2D eigenvalue weighted by molar-refractivity contribution is 0.0796. The first-order valence-electron chi connectivity index (χ1n) is 10.9. The molecule has 0 radical (unpaired) electrons. The molecule has 1 aromatic heterocycles. The number of hydrogen-bond acceptors (Lipinski definition) is 5. The number of hydrogen-bond donors (Lipinski definition) is 1. The lowest BCUT2D eigenvalue weighted by Gasteiger charge is -2.31. The summed E-state index contributed by atoms with van der Waals surface area (Å²) in [5, 5.41) is 0. The molecular weight excluding hydrogens is 378 g/mol. The molecule has 0 bridgehead atoms. The lowest BCUT2D eigenvalue weighted by atomic mass is 9.91. The highest BCUT2D eigenvalue weighted by molar-refractivity contribution is 5.67. The number of amides is 1. The Hall–Kier alpha value is -2.76. The molecule has 1 aliphatic carbocycles. The van der Waals surface area contributed by atoms with Crippen molar-refractivity contribution in [2.45, 2.75) is 39.2 Å². The minimum absolute atomic E-state index is 0.190.